The van der Waals surface area contributed by atoms with Crippen LogP contribution >= 0.6 is 11.8 Å². The lowest BCUT2D eigenvalue weighted by molar-refractivity contribution is -0.119. The molecule has 2 heterocycles. The molecule has 1 aliphatic heterocycles. The highest BCUT2D eigenvalue weighted by atomic mass is 32.2. The lowest BCUT2D eigenvalue weighted by Crippen LogP contribution is -2.39. The monoisotopic (exact) mass is 438 g/mol. The van der Waals surface area contributed by atoms with E-state index in [4.69, 9.17) is 5.73 Å². The van der Waals surface area contributed by atoms with Crippen molar-refractivity contribution < 1.29 is 14.0 Å². The number of carbonyl (C=O) groups is 2. The maximum absolute atomic E-state index is 13.2. The van der Waals surface area contributed by atoms with Gasteiger partial charge in [0, 0.05) is 36.4 Å². The molecule has 3 N–H and O–H groups in total. The van der Waals surface area contributed by atoms with Crippen LogP contribution < -0.4 is 16.1 Å². The normalized spacial score (nSPS) is 15.6. The number of nitrogens with one attached hydrogen (secondary N) is 1. The van der Waals surface area contributed by atoms with Crippen LogP contribution in [0.5, 0.6) is 0 Å². The molecule has 0 radical (unpaired) electrons. The van der Waals surface area contributed by atoms with Crippen LogP contribution in [0.4, 0.5) is 15.8 Å². The van der Waals surface area contributed by atoms with Crippen molar-refractivity contribution in [2.45, 2.75) is 22.5 Å². The van der Waals surface area contributed by atoms with Crippen LogP contribution in [-0.4, -0.2) is 33.1 Å². The van der Waals surface area contributed by atoms with Gasteiger partial charge in [-0.15, -0.1) is 0 Å². The molecular weight excluding hydrogens is 419 g/mol. The smallest absolute Gasteiger partial charge is 0.271 e. The predicted molar refractivity (Wildman–Crippen MR) is 116 cm³/mol. The molecule has 0 bridgehead atoms. The zero-order valence-corrected chi connectivity index (χ0v) is 17.3. The number of amides is 2. The summed E-state index contributed by atoms with van der Waals surface area (Å²) in [6.07, 6.45) is 3.66. The van der Waals surface area contributed by atoms with Crippen molar-refractivity contribution in [2.24, 2.45) is 17.9 Å². The second-order valence-electron chi connectivity index (χ2n) is 6.89. The highest BCUT2D eigenvalue weighted by Crippen LogP contribution is 2.28. The van der Waals surface area contributed by atoms with Crippen molar-refractivity contribution >= 4 is 40.7 Å². The minimum atomic E-state index is -0.817. The van der Waals surface area contributed by atoms with E-state index in [9.17, 15) is 14.0 Å². The van der Waals surface area contributed by atoms with Crippen molar-refractivity contribution in [3.05, 3.63) is 66.7 Å². The second kappa shape index (κ2) is 8.60. The van der Waals surface area contributed by atoms with E-state index in [0.717, 1.165) is 10.1 Å². The van der Waals surface area contributed by atoms with E-state index in [1.54, 1.807) is 18.3 Å². The molecule has 3 aromatic rings. The number of benzene rings is 2. The highest BCUT2D eigenvalue weighted by Gasteiger charge is 2.35. The van der Waals surface area contributed by atoms with Crippen LogP contribution in [-0.2, 0) is 16.6 Å². The molecule has 0 fully saturated rings. The van der Waals surface area contributed by atoms with Crippen LogP contribution in [0.2, 0.25) is 0 Å². The van der Waals surface area contributed by atoms with Gasteiger partial charge >= 0.3 is 0 Å². The number of aromatic nitrogens is 2. The molecule has 1 aromatic heterocycles. The Morgan fingerprint density at radius 2 is 1.87 bits per heavy atom. The first-order valence-electron chi connectivity index (χ1n) is 9.39. The van der Waals surface area contributed by atoms with Crippen molar-refractivity contribution in [3.8, 4) is 0 Å². The average molecular weight is 438 g/mol. The van der Waals surface area contributed by atoms with E-state index in [0.29, 0.717) is 11.4 Å². The molecule has 0 aliphatic carbocycles. The van der Waals surface area contributed by atoms with Gasteiger partial charge in [-0.25, -0.2) is 9.37 Å². The van der Waals surface area contributed by atoms with Crippen LogP contribution in [0.25, 0.3) is 0 Å². The molecule has 8 nitrogen and oxygen atoms in total. The molecule has 2 amide bonds. The number of carbonyl (C=O) groups excluding carboxylic acids is 2. The second-order valence-corrected chi connectivity index (χ2v) is 7.93. The van der Waals surface area contributed by atoms with Gasteiger partial charge in [0.1, 0.15) is 17.6 Å². The topological polar surface area (TPSA) is 106 Å². The number of aryl methyl sites for hydroxylation is 1. The molecule has 158 valence electrons. The molecule has 0 spiro atoms. The first-order chi connectivity index (χ1) is 14.9. The van der Waals surface area contributed by atoms with Crippen molar-refractivity contribution in [3.63, 3.8) is 0 Å². The Morgan fingerprint density at radius 3 is 2.48 bits per heavy atom. The van der Waals surface area contributed by atoms with Crippen molar-refractivity contribution in [1.29, 1.82) is 0 Å². The van der Waals surface area contributed by atoms with Gasteiger partial charge in [-0.1, -0.05) is 11.8 Å². The van der Waals surface area contributed by atoms with Crippen molar-refractivity contribution in [2.75, 3.05) is 10.3 Å². The Kier molecular flexibility index (Phi) is 5.72. The summed E-state index contributed by atoms with van der Waals surface area (Å²) in [4.78, 5) is 29.8. The number of primary amides is 1. The van der Waals surface area contributed by atoms with Crippen LogP contribution in [0.15, 0.2) is 76.1 Å². The molecule has 10 heteroatoms. The molecule has 1 aliphatic rings. The zero-order chi connectivity index (χ0) is 22.0. The summed E-state index contributed by atoms with van der Waals surface area (Å²) in [5.41, 5.74) is 6.72. The zero-order valence-electron chi connectivity index (χ0n) is 16.5. The lowest BCUT2D eigenvalue weighted by Gasteiger charge is -2.20. The molecule has 31 heavy (non-hydrogen) atoms. The van der Waals surface area contributed by atoms with Crippen LogP contribution in [0, 0.1) is 5.82 Å². The largest absolute Gasteiger partial charge is 0.368 e. The van der Waals surface area contributed by atoms with E-state index in [2.05, 4.69) is 15.4 Å². The van der Waals surface area contributed by atoms with E-state index in [1.807, 2.05) is 29.9 Å². The average Bonchev–Trinajstić information content (AvgIpc) is 3.37. The molecular formula is C21H19FN6O2S. The quantitative estimate of drug-likeness (QED) is 0.616. The third kappa shape index (κ3) is 4.58. The molecule has 0 saturated carbocycles. The Morgan fingerprint density at radius 1 is 1.16 bits per heavy atom. The Hall–Kier alpha value is -3.66. The van der Waals surface area contributed by atoms with Gasteiger partial charge in [0.05, 0.1) is 5.69 Å². The Labute approximate surface area is 181 Å². The summed E-state index contributed by atoms with van der Waals surface area (Å²) in [5, 5.41) is 9.25. The summed E-state index contributed by atoms with van der Waals surface area (Å²) >= 11 is 1.51. The molecule has 2 aromatic carbocycles. The number of nitrogens with two attached hydrogens (primary N) is 1. The van der Waals surface area contributed by atoms with Crippen LogP contribution in [0.3, 0.4) is 0 Å². The van der Waals surface area contributed by atoms with Gasteiger partial charge in [0.25, 0.3) is 5.91 Å². The number of halogens is 1. The van der Waals surface area contributed by atoms with Gasteiger partial charge in [0.15, 0.2) is 5.16 Å². The first-order valence-corrected chi connectivity index (χ1v) is 10.2. The maximum atomic E-state index is 13.2. The number of imidazole rings is 1. The first kappa shape index (κ1) is 20.6. The summed E-state index contributed by atoms with van der Waals surface area (Å²) < 4.78 is 15.1. The number of hydrazone groups is 1. The Bertz CT molecular complexity index is 1140. The standard InChI is InChI=1S/C21H19FN6O2S/c1-27-11-10-24-21(27)31-16-8-4-14(5-9-16)25-20(30)17-12-18(19(23)29)28(26-17)15-6-2-13(22)3-7-15/h2-11,18H,12H2,1H3,(H2,23,29)(H,25,30). The van der Waals surface area contributed by atoms with Gasteiger partial charge in [0.2, 0.25) is 5.91 Å². The van der Waals surface area contributed by atoms with E-state index < -0.39 is 23.7 Å². The molecule has 4 rings (SSSR count). The fraction of sp³-hybridized carbons (Fsp3) is 0.143. The minimum Gasteiger partial charge on any atom is -0.368 e. The number of hydrogen-bond donors (Lipinski definition) is 2. The van der Waals surface area contributed by atoms with Gasteiger partial charge in [-0.2, -0.15) is 5.10 Å². The fourth-order valence-electron chi connectivity index (χ4n) is 3.07. The third-order valence-corrected chi connectivity index (χ3v) is 5.77. The van der Waals surface area contributed by atoms with Gasteiger partial charge < -0.3 is 15.6 Å². The molecule has 1 atom stereocenters. The third-order valence-electron chi connectivity index (χ3n) is 4.69. The SMILES string of the molecule is Cn1ccnc1Sc1ccc(NC(=O)C2=NN(c3ccc(F)cc3)C(C(N)=O)C2)cc1. The lowest BCUT2D eigenvalue weighted by atomic mass is 10.1. The number of anilines is 2. The minimum absolute atomic E-state index is 0.0611. The summed E-state index contributed by atoms with van der Waals surface area (Å²) in [6.45, 7) is 0. The number of nitrogens with zero attached hydrogens (tertiary/aromatic N) is 4. The summed E-state index contributed by atoms with van der Waals surface area (Å²) in [5.74, 6) is -1.46. The van der Waals surface area contributed by atoms with Gasteiger partial charge in [-0.3, -0.25) is 14.6 Å². The summed E-state index contributed by atoms with van der Waals surface area (Å²) in [6, 6.07) is 12.0. The van der Waals surface area contributed by atoms with Gasteiger partial charge in [-0.05, 0) is 48.5 Å². The highest BCUT2D eigenvalue weighted by molar-refractivity contribution is 7.99. The molecule has 0 saturated heterocycles. The summed E-state index contributed by atoms with van der Waals surface area (Å²) in [7, 11) is 1.92. The Balaban J connectivity index is 1.46. The van der Waals surface area contributed by atoms with Crippen LogP contribution in [0.1, 0.15) is 6.42 Å². The van der Waals surface area contributed by atoms with E-state index in [1.165, 1.54) is 41.0 Å². The number of rotatable bonds is 6. The number of hydrogen-bond acceptors (Lipinski definition) is 6. The van der Waals surface area contributed by atoms with E-state index >= 15 is 0 Å². The predicted octanol–water partition coefficient (Wildman–Crippen LogP) is 2.77. The van der Waals surface area contributed by atoms with E-state index in [-0.39, 0.29) is 12.1 Å². The fourth-order valence-corrected chi connectivity index (χ4v) is 3.87. The maximum Gasteiger partial charge on any atom is 0.271 e. The molecule has 1 unspecified atom stereocenters. The van der Waals surface area contributed by atoms with Crippen molar-refractivity contribution in [1.82, 2.24) is 9.55 Å².